The van der Waals surface area contributed by atoms with E-state index in [0.717, 1.165) is 0 Å². The van der Waals surface area contributed by atoms with Crippen LogP contribution in [0.3, 0.4) is 0 Å². The first kappa shape index (κ1) is 15.0. The fraction of sp³-hybridized carbons (Fsp3) is 0. The van der Waals surface area contributed by atoms with Crippen LogP contribution in [-0.2, 0) is 32.9 Å². The smallest absolute Gasteiger partial charge is 0.316 e. The Morgan fingerprint density at radius 2 is 1.55 bits per heavy atom. The van der Waals surface area contributed by atoms with Crippen molar-refractivity contribution >= 4 is 38.7 Å². The van der Waals surface area contributed by atoms with Gasteiger partial charge < -0.3 is 0 Å². The molecule has 0 heterocycles. The molecule has 0 saturated heterocycles. The Morgan fingerprint density at radius 1 is 1.18 bits per heavy atom. The van der Waals surface area contributed by atoms with E-state index >= 15 is 0 Å². The molecule has 7 nitrogen and oxygen atoms in total. The molecule has 0 aromatic heterocycles. The summed E-state index contributed by atoms with van der Waals surface area (Å²) in [5.74, 6) is 0. The van der Waals surface area contributed by atoms with Crippen LogP contribution >= 0.6 is 15.6 Å². The first-order valence-corrected chi connectivity index (χ1v) is 5.07. The fourth-order valence-electron chi connectivity index (χ4n) is 0.145. The molecule has 0 aromatic carbocycles. The maximum atomic E-state index is 10.1. The second-order valence-corrected chi connectivity index (χ2v) is 4.33. The summed E-state index contributed by atoms with van der Waals surface area (Å²) in [6.07, 6.45) is 0. The van der Waals surface area contributed by atoms with Gasteiger partial charge in [-0.1, -0.05) is 0 Å². The van der Waals surface area contributed by atoms with Crippen molar-refractivity contribution in [2.24, 2.45) is 0 Å². The van der Waals surface area contributed by atoms with Gasteiger partial charge in [-0.05, 0) is 0 Å². The summed E-state index contributed by atoms with van der Waals surface area (Å²) in [6, 6.07) is 0. The van der Waals surface area contributed by atoms with Crippen LogP contribution in [0.1, 0.15) is 0 Å². The summed E-state index contributed by atoms with van der Waals surface area (Å²) >= 11 is 3.30. The molecule has 1 unspecified atom stereocenters. The van der Waals surface area contributed by atoms with Crippen LogP contribution in [-0.4, -0.2) is 37.7 Å². The van der Waals surface area contributed by atoms with E-state index in [9.17, 15) is 9.13 Å². The zero-order valence-electron chi connectivity index (χ0n) is 4.19. The second kappa shape index (κ2) is 5.29. The number of hydrogen-bond donors (Lipinski definition) is 3. The SMILES string of the molecule is O=P(O)(O)OP(=O)(O)[O][Ni].[MgH2]. The van der Waals surface area contributed by atoms with Crippen molar-refractivity contribution in [2.45, 2.75) is 0 Å². The molecule has 0 aromatic rings. The Bertz CT molecular complexity index is 195. The Kier molecular flexibility index (Phi) is 7.22. The van der Waals surface area contributed by atoms with Crippen molar-refractivity contribution in [1.29, 1.82) is 0 Å². The first-order chi connectivity index (χ1) is 4.27. The van der Waals surface area contributed by atoms with Crippen LogP contribution in [0.15, 0.2) is 0 Å². The van der Waals surface area contributed by atoms with Gasteiger partial charge in [0.25, 0.3) is 0 Å². The third-order valence-electron chi connectivity index (χ3n) is 0.283. The van der Waals surface area contributed by atoms with Crippen LogP contribution in [0.5, 0.6) is 0 Å². The predicted octanol–water partition coefficient (Wildman–Crippen LogP) is -1.24. The van der Waals surface area contributed by atoms with Crippen molar-refractivity contribution in [3.8, 4) is 0 Å². The summed E-state index contributed by atoms with van der Waals surface area (Å²) in [7, 11) is -9.73. The normalized spacial score (nSPS) is 16.8. The molecule has 1 atom stereocenters. The molecule has 11 heteroatoms. The van der Waals surface area contributed by atoms with Gasteiger partial charge in [-0.3, -0.25) is 0 Å². The Balaban J connectivity index is 0. The van der Waals surface area contributed by atoms with Crippen LogP contribution in [0, 0.1) is 0 Å². The van der Waals surface area contributed by atoms with Gasteiger partial charge in [0.1, 0.15) is 0 Å². The van der Waals surface area contributed by atoms with E-state index in [1.54, 1.807) is 0 Å². The van der Waals surface area contributed by atoms with Gasteiger partial charge in [0.05, 0.1) is 0 Å². The molecule has 0 fully saturated rings. The molecule has 0 aliphatic heterocycles. The third-order valence-corrected chi connectivity index (χ3v) is 2.79. The fourth-order valence-corrected chi connectivity index (χ4v) is 1.60. The average Bonchev–Trinajstić information content (AvgIpc) is 1.60. The van der Waals surface area contributed by atoms with Gasteiger partial charge in [-0.15, -0.1) is 0 Å². The van der Waals surface area contributed by atoms with Gasteiger partial charge >= 0.3 is 86.3 Å². The number of phosphoric acid groups is 2. The van der Waals surface area contributed by atoms with E-state index in [2.05, 4.69) is 23.8 Å². The quantitative estimate of drug-likeness (QED) is 0.430. The summed E-state index contributed by atoms with van der Waals surface area (Å²) in [6.45, 7) is 0. The molecule has 3 N–H and O–H groups in total. The van der Waals surface area contributed by atoms with Gasteiger partial charge in [0, 0.05) is 0 Å². The molecular formula is H5MgNiO7P2. The minimum atomic E-state index is -5.00. The molecule has 0 rings (SSSR count). The predicted molar refractivity (Wildman–Crippen MR) is 32.6 cm³/mol. The summed E-state index contributed by atoms with van der Waals surface area (Å²) in [5.41, 5.74) is 0. The number of hydrogen-bond acceptors (Lipinski definition) is 4. The minimum Gasteiger partial charge on any atom is 0.316 e. The van der Waals surface area contributed by atoms with Gasteiger partial charge in [0.2, 0.25) is 0 Å². The molecule has 11 heavy (non-hydrogen) atoms. The minimum absolute atomic E-state index is 0. The maximum Gasteiger partial charge on any atom is 0.316 e. The molecule has 0 bridgehead atoms. The average molecular weight is 262 g/mol. The summed E-state index contributed by atoms with van der Waals surface area (Å²) in [5, 5.41) is 0. The monoisotopic (exact) mass is 261 g/mol. The van der Waals surface area contributed by atoms with Crippen LogP contribution < -0.4 is 0 Å². The molecular weight excluding hydrogens is 257 g/mol. The maximum absolute atomic E-state index is 10.1. The van der Waals surface area contributed by atoms with E-state index in [1.165, 1.54) is 0 Å². The van der Waals surface area contributed by atoms with Crippen molar-refractivity contribution in [3.63, 3.8) is 0 Å². The zero-order chi connectivity index (χ0) is 8.41. The van der Waals surface area contributed by atoms with Gasteiger partial charge in [-0.2, -0.15) is 0 Å². The van der Waals surface area contributed by atoms with Crippen molar-refractivity contribution in [2.75, 3.05) is 0 Å². The van der Waals surface area contributed by atoms with Crippen LogP contribution in [0.2, 0.25) is 0 Å². The molecule has 0 aliphatic carbocycles. The van der Waals surface area contributed by atoms with Crippen molar-refractivity contribution < 1.29 is 47.6 Å². The van der Waals surface area contributed by atoms with Crippen molar-refractivity contribution in [1.82, 2.24) is 0 Å². The van der Waals surface area contributed by atoms with E-state index in [1.807, 2.05) is 0 Å². The van der Waals surface area contributed by atoms with Gasteiger partial charge in [0.15, 0.2) is 0 Å². The summed E-state index contributed by atoms with van der Waals surface area (Å²) < 4.78 is 26.5. The molecule has 0 radical (unpaired) electrons. The van der Waals surface area contributed by atoms with E-state index in [-0.39, 0.29) is 23.1 Å². The first-order valence-electron chi connectivity index (χ1n) is 1.64. The molecule has 0 spiro atoms. The van der Waals surface area contributed by atoms with E-state index < -0.39 is 15.6 Å². The van der Waals surface area contributed by atoms with Gasteiger partial charge in [-0.25, -0.2) is 0 Å². The topological polar surface area (TPSA) is 113 Å². The molecule has 0 saturated carbocycles. The third kappa shape index (κ3) is 9.43. The molecule has 69 valence electrons. The molecule has 0 aliphatic rings. The summed E-state index contributed by atoms with van der Waals surface area (Å²) in [4.78, 5) is 24.0. The van der Waals surface area contributed by atoms with E-state index in [4.69, 9.17) is 14.7 Å². The number of rotatable bonds is 3. The second-order valence-electron chi connectivity index (χ2n) is 1.10. The standard InChI is InChI=1S/Mg.Ni.H4O7P2.2H/c;;1-8(2,3)7-9(4,5)6;;/h;;(H2,1,2,3)(H2,4,5,6);;/q;+1;;;/p-1. The Labute approximate surface area is 86.1 Å². The van der Waals surface area contributed by atoms with Crippen LogP contribution in [0.25, 0.3) is 0 Å². The largest absolute Gasteiger partial charge is 0.316 e. The van der Waals surface area contributed by atoms with Crippen LogP contribution in [0.4, 0.5) is 0 Å². The van der Waals surface area contributed by atoms with Crippen molar-refractivity contribution in [3.05, 3.63) is 0 Å². The zero-order valence-corrected chi connectivity index (χ0v) is 6.96. The Morgan fingerprint density at radius 3 is 1.64 bits per heavy atom. The molecule has 0 amide bonds. The van der Waals surface area contributed by atoms with E-state index in [0.29, 0.717) is 0 Å². The Hall–Kier alpha value is 1.52.